The smallest absolute Gasteiger partial charge is 0.0577 e. The first-order chi connectivity index (χ1) is 11.3. The highest BCUT2D eigenvalue weighted by Gasteiger charge is 2.31. The highest BCUT2D eigenvalue weighted by Crippen LogP contribution is 2.41. The van der Waals surface area contributed by atoms with Crippen molar-refractivity contribution in [1.29, 1.82) is 0 Å². The van der Waals surface area contributed by atoms with Gasteiger partial charge in [-0.25, -0.2) is 0 Å². The third-order valence-electron chi connectivity index (χ3n) is 6.54. The Morgan fingerprint density at radius 2 is 1.48 bits per heavy atom. The molecule has 2 aliphatic carbocycles. The van der Waals surface area contributed by atoms with Crippen LogP contribution in [0.15, 0.2) is 0 Å². The van der Waals surface area contributed by atoms with Crippen molar-refractivity contribution >= 4 is 0 Å². The zero-order chi connectivity index (χ0) is 16.3. The molecular weight excluding hydrogens is 280 g/mol. The molecule has 0 heterocycles. The Labute approximate surface area is 146 Å². The van der Waals surface area contributed by atoms with Gasteiger partial charge in [0.25, 0.3) is 0 Å². The molecule has 1 nitrogen and oxygen atoms in total. The molecule has 0 aromatic carbocycles. The lowest BCUT2D eigenvalue weighted by molar-refractivity contribution is -0.00359. The Morgan fingerprint density at radius 3 is 2.22 bits per heavy atom. The minimum Gasteiger partial charge on any atom is -0.378 e. The molecule has 0 aromatic rings. The average Bonchev–Trinajstić information content (AvgIpc) is 2.60. The fraction of sp³-hybridized carbons (Fsp3) is 1.00. The summed E-state index contributed by atoms with van der Waals surface area (Å²) >= 11 is 0. The van der Waals surface area contributed by atoms with Gasteiger partial charge >= 0.3 is 0 Å². The third kappa shape index (κ3) is 7.16. The molecule has 2 atom stereocenters. The van der Waals surface area contributed by atoms with Crippen molar-refractivity contribution < 1.29 is 4.74 Å². The van der Waals surface area contributed by atoms with Crippen molar-refractivity contribution in [2.24, 2.45) is 17.8 Å². The number of hydrogen-bond donors (Lipinski definition) is 0. The lowest BCUT2D eigenvalue weighted by atomic mass is 9.70. The molecule has 0 radical (unpaired) electrons. The van der Waals surface area contributed by atoms with Gasteiger partial charge in [-0.3, -0.25) is 0 Å². The van der Waals surface area contributed by atoms with Crippen LogP contribution in [0.25, 0.3) is 0 Å². The van der Waals surface area contributed by atoms with Gasteiger partial charge in [0.05, 0.1) is 6.10 Å². The van der Waals surface area contributed by atoms with E-state index in [9.17, 15) is 0 Å². The highest BCUT2D eigenvalue weighted by molar-refractivity contribution is 4.83. The van der Waals surface area contributed by atoms with Crippen molar-refractivity contribution in [3.63, 3.8) is 0 Å². The first-order valence-electron chi connectivity index (χ1n) is 10.9. The van der Waals surface area contributed by atoms with Gasteiger partial charge in [-0.2, -0.15) is 0 Å². The van der Waals surface area contributed by atoms with E-state index < -0.39 is 0 Å². The van der Waals surface area contributed by atoms with Crippen LogP contribution in [0.2, 0.25) is 0 Å². The molecular formula is C22H42O. The summed E-state index contributed by atoms with van der Waals surface area (Å²) < 4.78 is 6.19. The van der Waals surface area contributed by atoms with E-state index in [1.54, 1.807) is 0 Å². The molecule has 2 saturated carbocycles. The lowest BCUT2D eigenvalue weighted by Gasteiger charge is -2.38. The zero-order valence-electron chi connectivity index (χ0n) is 16.0. The highest BCUT2D eigenvalue weighted by atomic mass is 16.5. The van der Waals surface area contributed by atoms with Crippen LogP contribution in [0.5, 0.6) is 0 Å². The number of unbranched alkanes of at least 4 members (excludes halogenated alkanes) is 4. The van der Waals surface area contributed by atoms with Gasteiger partial charge in [0, 0.05) is 6.61 Å². The van der Waals surface area contributed by atoms with Crippen LogP contribution in [0, 0.1) is 17.8 Å². The topological polar surface area (TPSA) is 9.23 Å². The fourth-order valence-electron chi connectivity index (χ4n) is 4.99. The fourth-order valence-corrected chi connectivity index (χ4v) is 4.99. The predicted molar refractivity (Wildman–Crippen MR) is 101 cm³/mol. The van der Waals surface area contributed by atoms with Gasteiger partial charge in [-0.15, -0.1) is 0 Å². The summed E-state index contributed by atoms with van der Waals surface area (Å²) in [7, 11) is 0. The molecule has 0 saturated heterocycles. The van der Waals surface area contributed by atoms with Crippen LogP contribution >= 0.6 is 0 Å². The second-order valence-electron chi connectivity index (χ2n) is 8.40. The van der Waals surface area contributed by atoms with Gasteiger partial charge in [0.15, 0.2) is 0 Å². The molecule has 1 heteroatoms. The van der Waals surface area contributed by atoms with Crippen molar-refractivity contribution in [3.05, 3.63) is 0 Å². The van der Waals surface area contributed by atoms with E-state index in [-0.39, 0.29) is 0 Å². The van der Waals surface area contributed by atoms with Crippen LogP contribution in [-0.2, 0) is 4.74 Å². The Morgan fingerprint density at radius 1 is 0.739 bits per heavy atom. The third-order valence-corrected chi connectivity index (χ3v) is 6.54. The largest absolute Gasteiger partial charge is 0.378 e. The predicted octanol–water partition coefficient (Wildman–Crippen LogP) is 7.14. The van der Waals surface area contributed by atoms with Crippen LogP contribution in [-0.4, -0.2) is 12.7 Å². The molecule has 2 fully saturated rings. The van der Waals surface area contributed by atoms with Crippen LogP contribution in [0.1, 0.15) is 110 Å². The Kier molecular flexibility index (Phi) is 9.65. The average molecular weight is 323 g/mol. The normalized spacial score (nSPS) is 32.1. The van der Waals surface area contributed by atoms with E-state index in [1.807, 2.05) is 0 Å². The van der Waals surface area contributed by atoms with Crippen LogP contribution < -0.4 is 0 Å². The Bertz CT molecular complexity index is 280. The maximum Gasteiger partial charge on any atom is 0.0577 e. The number of rotatable bonds is 10. The molecule has 0 aromatic heterocycles. The number of hydrogen-bond acceptors (Lipinski definition) is 1. The molecule has 0 unspecified atom stereocenters. The van der Waals surface area contributed by atoms with Gasteiger partial charge in [-0.1, -0.05) is 71.6 Å². The molecule has 0 bridgehead atoms. The Hall–Kier alpha value is -0.0400. The summed E-state index contributed by atoms with van der Waals surface area (Å²) in [6.07, 6.45) is 22.0. The maximum absolute atomic E-state index is 6.19. The minimum atomic E-state index is 0.591. The lowest BCUT2D eigenvalue weighted by Crippen LogP contribution is -2.30. The van der Waals surface area contributed by atoms with Crippen molar-refractivity contribution in [1.82, 2.24) is 0 Å². The molecule has 23 heavy (non-hydrogen) atoms. The summed E-state index contributed by atoms with van der Waals surface area (Å²) in [5.41, 5.74) is 0. The molecule has 0 amide bonds. The van der Waals surface area contributed by atoms with Crippen LogP contribution in [0.4, 0.5) is 0 Å². The quantitative estimate of drug-likeness (QED) is 0.388. The van der Waals surface area contributed by atoms with Crippen LogP contribution in [0.3, 0.4) is 0 Å². The molecule has 136 valence electrons. The van der Waals surface area contributed by atoms with Crippen molar-refractivity contribution in [2.75, 3.05) is 6.61 Å². The minimum absolute atomic E-state index is 0.591. The molecule has 2 aliphatic rings. The zero-order valence-corrected chi connectivity index (χ0v) is 16.0. The second-order valence-corrected chi connectivity index (χ2v) is 8.40. The van der Waals surface area contributed by atoms with E-state index in [0.29, 0.717) is 6.10 Å². The summed E-state index contributed by atoms with van der Waals surface area (Å²) in [6, 6.07) is 0. The van der Waals surface area contributed by atoms with Gasteiger partial charge in [-0.05, 0) is 56.3 Å². The summed E-state index contributed by atoms with van der Waals surface area (Å²) in [5, 5.41) is 0. The van der Waals surface area contributed by atoms with Gasteiger partial charge < -0.3 is 4.74 Å². The van der Waals surface area contributed by atoms with Crippen molar-refractivity contribution in [2.45, 2.75) is 116 Å². The summed E-state index contributed by atoms with van der Waals surface area (Å²) in [4.78, 5) is 0. The van der Waals surface area contributed by atoms with E-state index >= 15 is 0 Å². The monoisotopic (exact) mass is 322 g/mol. The summed E-state index contributed by atoms with van der Waals surface area (Å²) in [6.45, 7) is 5.60. The molecule has 2 rings (SSSR count). The van der Waals surface area contributed by atoms with Gasteiger partial charge in [0.1, 0.15) is 0 Å². The van der Waals surface area contributed by atoms with Crippen molar-refractivity contribution in [3.8, 4) is 0 Å². The standard InChI is InChI=1S/C22H42O/c1-3-5-7-10-19-13-15-20(16-14-19)21-11-9-12-22(18-21)23-17-8-6-4-2/h19-22H,3-18H2,1-2H3/t19?,20?,21-,22-/m1/s1. The van der Waals surface area contributed by atoms with E-state index in [2.05, 4.69) is 13.8 Å². The second kappa shape index (κ2) is 11.5. The first-order valence-corrected chi connectivity index (χ1v) is 10.9. The summed E-state index contributed by atoms with van der Waals surface area (Å²) in [5.74, 6) is 3.07. The first kappa shape index (κ1) is 19.3. The maximum atomic E-state index is 6.19. The molecule has 0 N–H and O–H groups in total. The van der Waals surface area contributed by atoms with Gasteiger partial charge in [0.2, 0.25) is 0 Å². The Balaban J connectivity index is 1.63. The molecule has 0 spiro atoms. The van der Waals surface area contributed by atoms with E-state index in [1.165, 1.54) is 96.3 Å². The molecule has 0 aliphatic heterocycles. The SMILES string of the molecule is CCCCCO[C@@H]1CCC[C@@H](C2CCC(CCCCC)CC2)C1. The number of ether oxygens (including phenoxy) is 1. The van der Waals surface area contributed by atoms with E-state index in [4.69, 9.17) is 4.74 Å². The van der Waals surface area contributed by atoms with E-state index in [0.717, 1.165) is 24.4 Å².